The van der Waals surface area contributed by atoms with Gasteiger partial charge in [-0.2, -0.15) is 0 Å². The number of nitrogens with two attached hydrogens (primary N) is 1. The third-order valence-electron chi connectivity index (χ3n) is 5.33. The van der Waals surface area contributed by atoms with Crippen LogP contribution in [0.1, 0.15) is 47.9 Å². The number of carbonyl (C=O) groups excluding carboxylic acids is 4. The number of rotatable bonds is 6. The lowest BCUT2D eigenvalue weighted by molar-refractivity contribution is -0.116. The van der Waals surface area contributed by atoms with Gasteiger partial charge in [-0.25, -0.2) is 0 Å². The largest absolute Gasteiger partial charge is 0.365 e. The second-order valence-corrected chi connectivity index (χ2v) is 8.80. The molecule has 0 atom stereocenters. The summed E-state index contributed by atoms with van der Waals surface area (Å²) >= 11 is 1.26. The molecule has 4 amide bonds. The number of hydrogen-bond acceptors (Lipinski definition) is 5. The predicted molar refractivity (Wildman–Crippen MR) is 123 cm³/mol. The molecule has 8 heteroatoms. The predicted octanol–water partition coefficient (Wildman–Crippen LogP) is 3.76. The number of benzene rings is 2. The Labute approximate surface area is 188 Å². The minimum Gasteiger partial charge on any atom is -0.365 e. The van der Waals surface area contributed by atoms with E-state index in [2.05, 4.69) is 5.32 Å². The molecule has 3 N–H and O–H groups in total. The van der Waals surface area contributed by atoms with Crippen LogP contribution in [0.25, 0.3) is 11.1 Å². The van der Waals surface area contributed by atoms with Crippen molar-refractivity contribution in [3.8, 4) is 11.1 Å². The first-order valence-electron chi connectivity index (χ1n) is 10.0. The number of thiophene rings is 1. The number of nitrogens with one attached hydrogen (secondary N) is 1. The van der Waals surface area contributed by atoms with E-state index in [-0.39, 0.29) is 18.5 Å². The molecule has 0 bridgehead atoms. The summed E-state index contributed by atoms with van der Waals surface area (Å²) in [5.74, 6) is -1.87. The van der Waals surface area contributed by atoms with Gasteiger partial charge in [-0.3, -0.25) is 24.1 Å². The molecule has 32 heavy (non-hydrogen) atoms. The van der Waals surface area contributed by atoms with Crippen molar-refractivity contribution < 1.29 is 19.2 Å². The standard InChI is InChI=1S/C24H21N3O4S/c1-13-8-9-16-17(12-13)24(31)27(23(16)30)11-10-18(28)26-22-20(21(25)29)19(14(2)32-22)15-6-4-3-5-7-15/h3-9,12H,10-11H2,1-2H3,(H2,25,29)(H,26,28). The number of primary amides is 1. The maximum absolute atomic E-state index is 12.6. The summed E-state index contributed by atoms with van der Waals surface area (Å²) in [7, 11) is 0. The molecule has 1 aliphatic heterocycles. The van der Waals surface area contributed by atoms with Crippen molar-refractivity contribution in [3.63, 3.8) is 0 Å². The van der Waals surface area contributed by atoms with Gasteiger partial charge in [-0.05, 0) is 31.5 Å². The van der Waals surface area contributed by atoms with Gasteiger partial charge < -0.3 is 11.1 Å². The Morgan fingerprint density at radius 1 is 1.00 bits per heavy atom. The van der Waals surface area contributed by atoms with Crippen LogP contribution in [0.5, 0.6) is 0 Å². The number of anilines is 1. The molecule has 0 saturated heterocycles. The molecule has 2 aromatic carbocycles. The van der Waals surface area contributed by atoms with Gasteiger partial charge in [0.15, 0.2) is 0 Å². The maximum Gasteiger partial charge on any atom is 0.261 e. The molecule has 162 valence electrons. The highest BCUT2D eigenvalue weighted by Gasteiger charge is 2.35. The molecule has 0 saturated carbocycles. The van der Waals surface area contributed by atoms with Crippen molar-refractivity contribution in [1.82, 2.24) is 4.90 Å². The first-order valence-corrected chi connectivity index (χ1v) is 10.8. The van der Waals surface area contributed by atoms with Crippen LogP contribution >= 0.6 is 11.3 Å². The first-order chi connectivity index (χ1) is 15.3. The molecule has 7 nitrogen and oxygen atoms in total. The second kappa shape index (κ2) is 8.39. The molecule has 4 rings (SSSR count). The number of hydrogen-bond donors (Lipinski definition) is 2. The van der Waals surface area contributed by atoms with Gasteiger partial charge in [-0.1, -0.05) is 42.0 Å². The summed E-state index contributed by atoms with van der Waals surface area (Å²) in [6, 6.07) is 14.4. The SMILES string of the molecule is Cc1ccc2c(c1)C(=O)N(CCC(=O)Nc1sc(C)c(-c3ccccc3)c1C(N)=O)C2=O. The second-order valence-electron chi connectivity index (χ2n) is 7.58. The third kappa shape index (κ3) is 3.80. The van der Waals surface area contributed by atoms with Crippen LogP contribution in [0.2, 0.25) is 0 Å². The van der Waals surface area contributed by atoms with Gasteiger partial charge in [0.05, 0.1) is 16.7 Å². The van der Waals surface area contributed by atoms with Crippen molar-refractivity contribution in [2.75, 3.05) is 11.9 Å². The Morgan fingerprint density at radius 3 is 2.38 bits per heavy atom. The van der Waals surface area contributed by atoms with E-state index in [4.69, 9.17) is 5.73 Å². The third-order valence-corrected chi connectivity index (χ3v) is 6.36. The minimum absolute atomic E-state index is 0.0565. The lowest BCUT2D eigenvalue weighted by atomic mass is 10.0. The summed E-state index contributed by atoms with van der Waals surface area (Å²) in [6.45, 7) is 3.64. The van der Waals surface area contributed by atoms with Crippen LogP contribution < -0.4 is 11.1 Å². The van der Waals surface area contributed by atoms with E-state index in [1.54, 1.807) is 18.2 Å². The molecular formula is C24H21N3O4S. The van der Waals surface area contributed by atoms with E-state index < -0.39 is 23.6 Å². The van der Waals surface area contributed by atoms with Crippen LogP contribution in [0.4, 0.5) is 5.00 Å². The number of imide groups is 1. The molecule has 0 fully saturated rings. The van der Waals surface area contributed by atoms with Crippen LogP contribution in [0.15, 0.2) is 48.5 Å². The lowest BCUT2D eigenvalue weighted by Crippen LogP contribution is -2.33. The van der Waals surface area contributed by atoms with Gasteiger partial charge in [0.2, 0.25) is 5.91 Å². The van der Waals surface area contributed by atoms with E-state index in [1.807, 2.05) is 44.2 Å². The monoisotopic (exact) mass is 447 g/mol. The maximum atomic E-state index is 12.6. The summed E-state index contributed by atoms with van der Waals surface area (Å²) in [5.41, 5.74) is 8.98. The van der Waals surface area contributed by atoms with Crippen molar-refractivity contribution in [3.05, 3.63) is 75.7 Å². The zero-order chi connectivity index (χ0) is 23.0. The first kappa shape index (κ1) is 21.5. The average molecular weight is 448 g/mol. The van der Waals surface area contributed by atoms with Gasteiger partial charge in [-0.15, -0.1) is 11.3 Å². The number of amides is 4. The van der Waals surface area contributed by atoms with Crippen LogP contribution in [0, 0.1) is 13.8 Å². The van der Waals surface area contributed by atoms with Crippen LogP contribution in [-0.2, 0) is 4.79 Å². The highest BCUT2D eigenvalue weighted by molar-refractivity contribution is 7.17. The number of fused-ring (bicyclic) bond motifs is 1. The van der Waals surface area contributed by atoms with E-state index in [9.17, 15) is 19.2 Å². The summed E-state index contributed by atoms with van der Waals surface area (Å²) < 4.78 is 0. The lowest BCUT2D eigenvalue weighted by Gasteiger charge is -2.13. The zero-order valence-electron chi connectivity index (χ0n) is 17.6. The fourth-order valence-electron chi connectivity index (χ4n) is 3.83. The molecular weight excluding hydrogens is 426 g/mol. The number of carbonyl (C=O) groups is 4. The Balaban J connectivity index is 1.50. The number of aryl methyl sites for hydroxylation is 2. The van der Waals surface area contributed by atoms with Gasteiger partial charge in [0.25, 0.3) is 17.7 Å². The summed E-state index contributed by atoms with van der Waals surface area (Å²) in [6.07, 6.45) is -0.0970. The smallest absolute Gasteiger partial charge is 0.261 e. The van der Waals surface area contributed by atoms with E-state index in [1.165, 1.54) is 11.3 Å². The Hall–Kier alpha value is -3.78. The zero-order valence-corrected chi connectivity index (χ0v) is 18.4. The van der Waals surface area contributed by atoms with Crippen LogP contribution in [0.3, 0.4) is 0 Å². The number of nitrogens with zero attached hydrogens (tertiary/aromatic N) is 1. The van der Waals surface area contributed by atoms with Gasteiger partial charge in [0, 0.05) is 23.4 Å². The molecule has 0 spiro atoms. The normalized spacial score (nSPS) is 12.8. The molecule has 3 aromatic rings. The topological polar surface area (TPSA) is 110 Å². The minimum atomic E-state index is -0.640. The molecule has 0 unspecified atom stereocenters. The Morgan fingerprint density at radius 2 is 1.69 bits per heavy atom. The fourth-order valence-corrected chi connectivity index (χ4v) is 4.93. The van der Waals surface area contributed by atoms with Crippen molar-refractivity contribution in [1.29, 1.82) is 0 Å². The Bertz CT molecular complexity index is 1260. The Kier molecular flexibility index (Phi) is 5.63. The molecule has 0 aliphatic carbocycles. The van der Waals surface area contributed by atoms with Crippen molar-refractivity contribution in [2.24, 2.45) is 5.73 Å². The molecule has 0 radical (unpaired) electrons. The highest BCUT2D eigenvalue weighted by Crippen LogP contribution is 2.39. The van der Waals surface area contributed by atoms with Gasteiger partial charge >= 0.3 is 0 Å². The molecule has 1 aromatic heterocycles. The van der Waals surface area contributed by atoms with E-state index in [0.717, 1.165) is 20.9 Å². The average Bonchev–Trinajstić information content (AvgIpc) is 3.20. The summed E-state index contributed by atoms with van der Waals surface area (Å²) in [4.78, 5) is 51.9. The molecule has 2 heterocycles. The molecule has 1 aliphatic rings. The van der Waals surface area contributed by atoms with Gasteiger partial charge in [0.1, 0.15) is 5.00 Å². The van der Waals surface area contributed by atoms with Crippen molar-refractivity contribution in [2.45, 2.75) is 20.3 Å². The fraction of sp³-hybridized carbons (Fsp3) is 0.167. The van der Waals surface area contributed by atoms with E-state index in [0.29, 0.717) is 21.7 Å². The summed E-state index contributed by atoms with van der Waals surface area (Å²) in [5, 5.41) is 3.09. The van der Waals surface area contributed by atoms with Crippen molar-refractivity contribution >= 4 is 40.0 Å². The van der Waals surface area contributed by atoms with E-state index >= 15 is 0 Å². The van der Waals surface area contributed by atoms with Crippen LogP contribution in [-0.4, -0.2) is 35.1 Å². The highest BCUT2D eigenvalue weighted by atomic mass is 32.1. The quantitative estimate of drug-likeness (QED) is 0.561.